The fourth-order valence-corrected chi connectivity index (χ4v) is 1.62. The first-order valence-corrected chi connectivity index (χ1v) is 6.11. The summed E-state index contributed by atoms with van der Waals surface area (Å²) in [4.78, 5) is 0. The van der Waals surface area contributed by atoms with Crippen molar-refractivity contribution in [2.75, 3.05) is 13.3 Å². The minimum absolute atomic E-state index is 0.536. The van der Waals surface area contributed by atoms with E-state index in [2.05, 4.69) is 12.1 Å². The molecular formula is C11H15O2P. The molecule has 0 heterocycles. The second-order valence-electron chi connectivity index (χ2n) is 2.94. The van der Waals surface area contributed by atoms with E-state index in [1.165, 1.54) is 12.7 Å². The lowest BCUT2D eigenvalue weighted by atomic mass is 10.1. The van der Waals surface area contributed by atoms with Crippen LogP contribution in [0.5, 0.6) is 0 Å². The van der Waals surface area contributed by atoms with E-state index in [0.29, 0.717) is 6.16 Å². The molecule has 0 saturated carbocycles. The molecule has 1 rings (SSSR count). The highest BCUT2D eigenvalue weighted by molar-refractivity contribution is 7.39. The van der Waals surface area contributed by atoms with Gasteiger partial charge in [0.05, 0.1) is 0 Å². The summed E-state index contributed by atoms with van der Waals surface area (Å²) in [7, 11) is -0.341. The van der Waals surface area contributed by atoms with Gasteiger partial charge in [-0.1, -0.05) is 42.5 Å². The van der Waals surface area contributed by atoms with E-state index in [0.717, 1.165) is 6.42 Å². The molecule has 0 saturated heterocycles. The SMILES string of the molecule is CO[PH](=O)C/C=C\Cc1ccccc1. The van der Waals surface area contributed by atoms with Crippen molar-refractivity contribution in [2.24, 2.45) is 0 Å². The highest BCUT2D eigenvalue weighted by atomic mass is 31.1. The summed E-state index contributed by atoms with van der Waals surface area (Å²) in [5.41, 5.74) is 1.26. The van der Waals surface area contributed by atoms with Gasteiger partial charge in [0.2, 0.25) is 0 Å². The fourth-order valence-electron chi connectivity index (χ4n) is 1.10. The third kappa shape index (κ3) is 4.40. The maximum Gasteiger partial charge on any atom is 0.195 e. The van der Waals surface area contributed by atoms with E-state index in [-0.39, 0.29) is 0 Å². The molecule has 0 spiro atoms. The van der Waals surface area contributed by atoms with Crippen molar-refractivity contribution in [3.8, 4) is 0 Å². The van der Waals surface area contributed by atoms with Gasteiger partial charge in [-0.25, -0.2) is 0 Å². The van der Waals surface area contributed by atoms with Crippen molar-refractivity contribution in [1.29, 1.82) is 0 Å². The first kappa shape index (κ1) is 11.2. The van der Waals surface area contributed by atoms with Gasteiger partial charge in [-0.3, -0.25) is 4.57 Å². The van der Waals surface area contributed by atoms with Crippen molar-refractivity contribution in [3.05, 3.63) is 48.0 Å². The summed E-state index contributed by atoms with van der Waals surface area (Å²) in [6.45, 7) is 0. The smallest absolute Gasteiger partial charge is 0.195 e. The Kier molecular flexibility index (Phi) is 5.28. The monoisotopic (exact) mass is 210 g/mol. The first-order chi connectivity index (χ1) is 6.83. The molecule has 0 aliphatic carbocycles. The topological polar surface area (TPSA) is 26.3 Å². The highest BCUT2D eigenvalue weighted by Gasteiger charge is 1.90. The van der Waals surface area contributed by atoms with Crippen molar-refractivity contribution < 1.29 is 9.09 Å². The molecule has 0 radical (unpaired) electrons. The van der Waals surface area contributed by atoms with E-state index in [4.69, 9.17) is 4.52 Å². The Labute approximate surface area is 85.5 Å². The molecule has 76 valence electrons. The molecule has 3 heteroatoms. The third-order valence-corrected chi connectivity index (χ3v) is 2.90. The summed E-state index contributed by atoms with van der Waals surface area (Å²) >= 11 is 0. The Morgan fingerprint density at radius 2 is 2.00 bits per heavy atom. The van der Waals surface area contributed by atoms with Crippen molar-refractivity contribution in [1.82, 2.24) is 0 Å². The molecule has 1 atom stereocenters. The summed E-state index contributed by atoms with van der Waals surface area (Å²) < 4.78 is 15.6. The minimum Gasteiger partial charge on any atom is -0.334 e. The van der Waals surface area contributed by atoms with Crippen molar-refractivity contribution in [3.63, 3.8) is 0 Å². The number of allylic oxidation sites excluding steroid dienone is 2. The van der Waals surface area contributed by atoms with E-state index in [9.17, 15) is 4.57 Å². The van der Waals surface area contributed by atoms with Crippen LogP contribution in [0.15, 0.2) is 42.5 Å². The van der Waals surface area contributed by atoms with Crippen LogP contribution in [0.1, 0.15) is 5.56 Å². The van der Waals surface area contributed by atoms with Crippen molar-refractivity contribution >= 4 is 8.03 Å². The van der Waals surface area contributed by atoms with Crippen LogP contribution in [0.2, 0.25) is 0 Å². The van der Waals surface area contributed by atoms with E-state index in [1.807, 2.05) is 30.4 Å². The molecule has 1 unspecified atom stereocenters. The number of benzene rings is 1. The number of rotatable bonds is 5. The quantitative estimate of drug-likeness (QED) is 0.551. The number of hydrogen-bond donors (Lipinski definition) is 0. The molecular weight excluding hydrogens is 195 g/mol. The Hall–Kier alpha value is -0.850. The van der Waals surface area contributed by atoms with E-state index >= 15 is 0 Å². The lowest BCUT2D eigenvalue weighted by Crippen LogP contribution is -1.79. The average molecular weight is 210 g/mol. The van der Waals surface area contributed by atoms with Gasteiger partial charge in [-0.2, -0.15) is 0 Å². The zero-order valence-corrected chi connectivity index (χ0v) is 9.27. The van der Waals surface area contributed by atoms with Gasteiger partial charge in [0.1, 0.15) is 0 Å². The fraction of sp³-hybridized carbons (Fsp3) is 0.273. The molecule has 14 heavy (non-hydrogen) atoms. The number of hydrogen-bond acceptors (Lipinski definition) is 2. The average Bonchev–Trinajstić information content (AvgIpc) is 2.25. The van der Waals surface area contributed by atoms with E-state index in [1.54, 1.807) is 0 Å². The van der Waals surface area contributed by atoms with Gasteiger partial charge in [-0.15, -0.1) is 0 Å². The summed E-state index contributed by atoms with van der Waals surface area (Å²) in [5.74, 6) is 0. The largest absolute Gasteiger partial charge is 0.334 e. The Bertz CT molecular complexity index is 306. The van der Waals surface area contributed by atoms with Crippen molar-refractivity contribution in [2.45, 2.75) is 6.42 Å². The van der Waals surface area contributed by atoms with Gasteiger partial charge in [0.15, 0.2) is 8.03 Å². The lowest BCUT2D eigenvalue weighted by molar-refractivity contribution is 0.417. The van der Waals surface area contributed by atoms with Crippen LogP contribution >= 0.6 is 8.03 Å². The first-order valence-electron chi connectivity index (χ1n) is 4.58. The molecule has 0 N–H and O–H groups in total. The van der Waals surface area contributed by atoms with Crippen LogP contribution in [0.4, 0.5) is 0 Å². The van der Waals surface area contributed by atoms with Gasteiger partial charge >= 0.3 is 0 Å². The van der Waals surface area contributed by atoms with Gasteiger partial charge in [0, 0.05) is 13.3 Å². The summed E-state index contributed by atoms with van der Waals surface area (Å²) in [5, 5.41) is 0. The minimum atomic E-state index is -1.82. The predicted octanol–water partition coefficient (Wildman–Crippen LogP) is 2.91. The highest BCUT2D eigenvalue weighted by Crippen LogP contribution is 2.19. The van der Waals surface area contributed by atoms with Crippen LogP contribution in [0.25, 0.3) is 0 Å². The van der Waals surface area contributed by atoms with Gasteiger partial charge in [0.25, 0.3) is 0 Å². The maximum absolute atomic E-state index is 10.9. The van der Waals surface area contributed by atoms with E-state index < -0.39 is 8.03 Å². The molecule has 0 aromatic heterocycles. The Morgan fingerprint density at radius 3 is 2.64 bits per heavy atom. The molecule has 0 fully saturated rings. The maximum atomic E-state index is 10.9. The predicted molar refractivity (Wildman–Crippen MR) is 60.2 cm³/mol. The molecule has 0 amide bonds. The Morgan fingerprint density at radius 1 is 1.29 bits per heavy atom. The third-order valence-electron chi connectivity index (χ3n) is 1.88. The van der Waals surface area contributed by atoms with Crippen LogP contribution in [-0.2, 0) is 15.5 Å². The van der Waals surface area contributed by atoms with Crippen LogP contribution in [-0.4, -0.2) is 13.3 Å². The molecule has 2 nitrogen and oxygen atoms in total. The zero-order chi connectivity index (χ0) is 10.2. The molecule has 1 aromatic rings. The molecule has 1 aromatic carbocycles. The second kappa shape index (κ2) is 6.58. The molecule has 0 bridgehead atoms. The van der Waals surface area contributed by atoms with Crippen LogP contribution in [0, 0.1) is 0 Å². The summed E-state index contributed by atoms with van der Waals surface area (Å²) in [6.07, 6.45) is 5.36. The lowest BCUT2D eigenvalue weighted by Gasteiger charge is -1.95. The normalized spacial score (nSPS) is 13.2. The molecule has 0 aliphatic rings. The standard InChI is InChI=1S/C11H15O2P/c1-13-14(12)10-6-5-9-11-7-3-2-4-8-11/h2-8,14H,9-10H2,1H3/b6-5-. The zero-order valence-electron chi connectivity index (χ0n) is 8.27. The summed E-state index contributed by atoms with van der Waals surface area (Å²) in [6, 6.07) is 10.2. The van der Waals surface area contributed by atoms with Gasteiger partial charge in [-0.05, 0) is 12.0 Å². The molecule has 0 aliphatic heterocycles. The second-order valence-corrected chi connectivity index (χ2v) is 4.50. The van der Waals surface area contributed by atoms with Crippen LogP contribution < -0.4 is 0 Å². The van der Waals surface area contributed by atoms with Gasteiger partial charge < -0.3 is 4.52 Å². The Balaban J connectivity index is 2.31. The van der Waals surface area contributed by atoms with Crippen LogP contribution in [0.3, 0.4) is 0 Å².